The van der Waals surface area contributed by atoms with E-state index in [4.69, 9.17) is 4.74 Å². The largest absolute Gasteiger partial charge is 0.373 e. The average Bonchev–Trinajstić information content (AvgIpc) is 3.06. The molecule has 118 valence electrons. The fourth-order valence-electron chi connectivity index (χ4n) is 3.63. The standard InChI is InChI=1S/C20H22N2O/c1-23-19-11-10-16-6-5-9-18(20(16)19)22-14-12-21(13-15-22)17-7-3-2-4-8-17/h2-11,19H,12-15H2,1H3. The monoisotopic (exact) mass is 306 g/mol. The Kier molecular flexibility index (Phi) is 3.80. The highest BCUT2D eigenvalue weighted by Gasteiger charge is 2.25. The molecular weight excluding hydrogens is 284 g/mol. The smallest absolute Gasteiger partial charge is 0.103 e. The van der Waals surface area contributed by atoms with E-state index in [1.807, 2.05) is 0 Å². The molecule has 1 heterocycles. The van der Waals surface area contributed by atoms with Crippen molar-refractivity contribution in [3.63, 3.8) is 0 Å². The molecule has 0 radical (unpaired) electrons. The Morgan fingerprint density at radius 1 is 0.870 bits per heavy atom. The van der Waals surface area contributed by atoms with Crippen LogP contribution >= 0.6 is 0 Å². The number of ether oxygens (including phenoxy) is 1. The zero-order valence-electron chi connectivity index (χ0n) is 13.5. The molecule has 0 N–H and O–H groups in total. The number of rotatable bonds is 3. The molecule has 0 amide bonds. The lowest BCUT2D eigenvalue weighted by Gasteiger charge is -2.38. The summed E-state index contributed by atoms with van der Waals surface area (Å²) >= 11 is 0. The minimum absolute atomic E-state index is 0.0911. The Labute approximate surface area is 137 Å². The molecule has 2 aromatic rings. The zero-order valence-corrected chi connectivity index (χ0v) is 13.5. The van der Waals surface area contributed by atoms with Gasteiger partial charge in [-0.1, -0.05) is 42.5 Å². The molecule has 1 fully saturated rings. The van der Waals surface area contributed by atoms with Gasteiger partial charge in [-0.3, -0.25) is 0 Å². The minimum atomic E-state index is 0.0911. The number of para-hydroxylation sites is 1. The van der Waals surface area contributed by atoms with Crippen LogP contribution in [0.5, 0.6) is 0 Å². The third kappa shape index (κ3) is 2.62. The molecule has 1 aliphatic carbocycles. The van der Waals surface area contributed by atoms with Gasteiger partial charge in [-0.25, -0.2) is 0 Å². The molecule has 2 aliphatic rings. The molecule has 23 heavy (non-hydrogen) atoms. The van der Waals surface area contributed by atoms with E-state index < -0.39 is 0 Å². The SMILES string of the molecule is COC1C=Cc2cccc(N3CCN(c4ccccc4)CC3)c21. The quantitative estimate of drug-likeness (QED) is 0.859. The molecule has 0 spiro atoms. The fraction of sp³-hybridized carbons (Fsp3) is 0.300. The van der Waals surface area contributed by atoms with Crippen LogP contribution in [0, 0.1) is 0 Å². The first-order valence-electron chi connectivity index (χ1n) is 8.25. The van der Waals surface area contributed by atoms with Crippen molar-refractivity contribution in [1.29, 1.82) is 0 Å². The van der Waals surface area contributed by atoms with Crippen molar-refractivity contribution in [3.8, 4) is 0 Å². The van der Waals surface area contributed by atoms with Gasteiger partial charge in [0, 0.05) is 50.2 Å². The van der Waals surface area contributed by atoms with Gasteiger partial charge >= 0.3 is 0 Å². The lowest BCUT2D eigenvalue weighted by atomic mass is 10.0. The molecule has 0 bridgehead atoms. The molecule has 1 atom stereocenters. The van der Waals surface area contributed by atoms with Crippen molar-refractivity contribution >= 4 is 17.5 Å². The highest BCUT2D eigenvalue weighted by Crippen LogP contribution is 2.38. The summed E-state index contributed by atoms with van der Waals surface area (Å²) in [6, 6.07) is 17.2. The number of fused-ring (bicyclic) bond motifs is 1. The van der Waals surface area contributed by atoms with Gasteiger partial charge < -0.3 is 14.5 Å². The Balaban J connectivity index is 1.53. The van der Waals surface area contributed by atoms with Gasteiger partial charge in [-0.2, -0.15) is 0 Å². The molecule has 3 nitrogen and oxygen atoms in total. The normalized spacial score (nSPS) is 20.0. The van der Waals surface area contributed by atoms with Crippen LogP contribution in [0.3, 0.4) is 0 Å². The summed E-state index contributed by atoms with van der Waals surface area (Å²) in [5, 5.41) is 0. The third-order valence-electron chi connectivity index (χ3n) is 4.85. The number of hydrogen-bond acceptors (Lipinski definition) is 3. The fourth-order valence-corrected chi connectivity index (χ4v) is 3.63. The predicted molar refractivity (Wildman–Crippen MR) is 96.1 cm³/mol. The van der Waals surface area contributed by atoms with Gasteiger partial charge in [0.2, 0.25) is 0 Å². The van der Waals surface area contributed by atoms with Crippen molar-refractivity contribution in [2.75, 3.05) is 43.1 Å². The molecule has 1 unspecified atom stereocenters. The van der Waals surface area contributed by atoms with E-state index in [1.165, 1.54) is 22.5 Å². The van der Waals surface area contributed by atoms with Crippen LogP contribution < -0.4 is 9.80 Å². The molecule has 0 aromatic heterocycles. The van der Waals surface area contributed by atoms with Gasteiger partial charge in [0.1, 0.15) is 6.10 Å². The molecule has 0 saturated carbocycles. The second kappa shape index (κ2) is 6.09. The van der Waals surface area contributed by atoms with Gasteiger partial charge in [-0.05, 0) is 23.8 Å². The summed E-state index contributed by atoms with van der Waals surface area (Å²) in [6.45, 7) is 4.20. The number of anilines is 2. The Hall–Kier alpha value is -2.26. The average molecular weight is 306 g/mol. The van der Waals surface area contributed by atoms with E-state index in [0.29, 0.717) is 0 Å². The molecular formula is C20H22N2O. The minimum Gasteiger partial charge on any atom is -0.373 e. The molecule has 1 aliphatic heterocycles. The maximum absolute atomic E-state index is 5.64. The highest BCUT2D eigenvalue weighted by atomic mass is 16.5. The number of methoxy groups -OCH3 is 1. The van der Waals surface area contributed by atoms with Crippen LogP contribution in [-0.2, 0) is 4.74 Å². The number of benzene rings is 2. The maximum Gasteiger partial charge on any atom is 0.103 e. The van der Waals surface area contributed by atoms with E-state index in [2.05, 4.69) is 70.5 Å². The second-order valence-electron chi connectivity index (χ2n) is 6.11. The van der Waals surface area contributed by atoms with Crippen LogP contribution in [-0.4, -0.2) is 33.3 Å². The third-order valence-corrected chi connectivity index (χ3v) is 4.85. The van der Waals surface area contributed by atoms with Crippen LogP contribution in [0.4, 0.5) is 11.4 Å². The molecule has 1 saturated heterocycles. The summed E-state index contributed by atoms with van der Waals surface area (Å²) in [7, 11) is 1.79. The number of piperazine rings is 1. The van der Waals surface area contributed by atoms with Crippen molar-refractivity contribution in [1.82, 2.24) is 0 Å². The number of nitrogens with zero attached hydrogens (tertiary/aromatic N) is 2. The molecule has 3 heteroatoms. The highest BCUT2D eigenvalue weighted by molar-refractivity contribution is 5.72. The number of hydrogen-bond donors (Lipinski definition) is 0. The Morgan fingerprint density at radius 3 is 2.35 bits per heavy atom. The van der Waals surface area contributed by atoms with Gasteiger partial charge in [-0.15, -0.1) is 0 Å². The predicted octanol–water partition coefficient (Wildman–Crippen LogP) is 3.73. The summed E-state index contributed by atoms with van der Waals surface area (Å²) < 4.78 is 5.64. The Morgan fingerprint density at radius 2 is 1.61 bits per heavy atom. The van der Waals surface area contributed by atoms with Crippen LogP contribution in [0.25, 0.3) is 6.08 Å². The van der Waals surface area contributed by atoms with Crippen molar-refractivity contribution < 1.29 is 4.74 Å². The van der Waals surface area contributed by atoms with Crippen molar-refractivity contribution in [2.24, 2.45) is 0 Å². The first-order valence-corrected chi connectivity index (χ1v) is 8.25. The van der Waals surface area contributed by atoms with Gasteiger partial charge in [0.25, 0.3) is 0 Å². The Bertz CT molecular complexity index is 703. The van der Waals surface area contributed by atoms with E-state index in [-0.39, 0.29) is 6.10 Å². The summed E-state index contributed by atoms with van der Waals surface area (Å²) in [5.41, 5.74) is 5.26. The molecule has 2 aromatic carbocycles. The van der Waals surface area contributed by atoms with Crippen LogP contribution in [0.2, 0.25) is 0 Å². The summed E-state index contributed by atoms with van der Waals surface area (Å²) in [5.74, 6) is 0. The topological polar surface area (TPSA) is 15.7 Å². The van der Waals surface area contributed by atoms with E-state index in [1.54, 1.807) is 7.11 Å². The van der Waals surface area contributed by atoms with E-state index >= 15 is 0 Å². The second-order valence-corrected chi connectivity index (χ2v) is 6.11. The van der Waals surface area contributed by atoms with Gasteiger partial charge in [0.05, 0.1) is 0 Å². The molecule has 4 rings (SSSR count). The summed E-state index contributed by atoms with van der Waals surface area (Å²) in [6.07, 6.45) is 4.41. The first-order chi connectivity index (χ1) is 11.4. The van der Waals surface area contributed by atoms with Crippen molar-refractivity contribution in [2.45, 2.75) is 6.10 Å². The van der Waals surface area contributed by atoms with E-state index in [0.717, 1.165) is 26.2 Å². The lowest BCUT2D eigenvalue weighted by molar-refractivity contribution is 0.145. The maximum atomic E-state index is 5.64. The lowest BCUT2D eigenvalue weighted by Crippen LogP contribution is -2.46. The van der Waals surface area contributed by atoms with Gasteiger partial charge in [0.15, 0.2) is 0 Å². The first kappa shape index (κ1) is 14.3. The van der Waals surface area contributed by atoms with Crippen LogP contribution in [0.1, 0.15) is 17.2 Å². The summed E-state index contributed by atoms with van der Waals surface area (Å²) in [4.78, 5) is 4.96. The van der Waals surface area contributed by atoms with E-state index in [9.17, 15) is 0 Å². The van der Waals surface area contributed by atoms with Crippen molar-refractivity contribution in [3.05, 3.63) is 65.7 Å². The zero-order chi connectivity index (χ0) is 15.6. The van der Waals surface area contributed by atoms with Crippen LogP contribution in [0.15, 0.2) is 54.6 Å².